The lowest BCUT2D eigenvalue weighted by Gasteiger charge is -2.32. The molecule has 2 nitrogen and oxygen atoms in total. The average molecular weight is 102 g/mol. The van der Waals surface area contributed by atoms with Gasteiger partial charge in [-0.3, -0.25) is 0 Å². The molecule has 0 aromatic heterocycles. The maximum atomic E-state index is 8.43. The summed E-state index contributed by atoms with van der Waals surface area (Å²) in [4.78, 5) is 0. The van der Waals surface area contributed by atoms with E-state index in [9.17, 15) is 0 Å². The highest BCUT2D eigenvalue weighted by Crippen LogP contribution is 2.17. The Morgan fingerprint density at radius 3 is 2.57 bits per heavy atom. The number of aliphatic hydroxyl groups excluding tert-OH is 1. The number of ether oxygens (including phenoxy) is 1. The summed E-state index contributed by atoms with van der Waals surface area (Å²) >= 11 is 0. The van der Waals surface area contributed by atoms with Gasteiger partial charge in [0, 0.05) is 5.92 Å². The van der Waals surface area contributed by atoms with Gasteiger partial charge in [-0.25, -0.2) is 0 Å². The van der Waals surface area contributed by atoms with Gasteiger partial charge in [0.1, 0.15) is 0 Å². The van der Waals surface area contributed by atoms with E-state index in [-0.39, 0.29) is 12.7 Å². The molecule has 0 aliphatic carbocycles. The molecular formula is C5H10O2. The second kappa shape index (κ2) is 1.80. The fourth-order valence-electron chi connectivity index (χ4n) is 0.657. The van der Waals surface area contributed by atoms with Gasteiger partial charge in [-0.15, -0.1) is 0 Å². The van der Waals surface area contributed by atoms with E-state index in [2.05, 4.69) is 6.92 Å². The first-order valence-corrected chi connectivity index (χ1v) is 2.57. The van der Waals surface area contributed by atoms with E-state index < -0.39 is 0 Å². The van der Waals surface area contributed by atoms with Crippen LogP contribution < -0.4 is 0 Å². The summed E-state index contributed by atoms with van der Waals surface area (Å²) < 4.78 is 4.94. The molecule has 42 valence electrons. The molecule has 2 atom stereocenters. The number of aliphatic hydroxyl groups is 1. The molecule has 0 spiro atoms. The third-order valence-electron chi connectivity index (χ3n) is 1.39. The van der Waals surface area contributed by atoms with Gasteiger partial charge in [0.05, 0.1) is 19.3 Å². The zero-order valence-corrected chi connectivity index (χ0v) is 4.42. The highest BCUT2D eigenvalue weighted by molar-refractivity contribution is 4.72. The SMILES string of the molecule is CC1COC1CO. The van der Waals surface area contributed by atoms with Gasteiger partial charge in [0.25, 0.3) is 0 Å². The molecular weight excluding hydrogens is 92.1 g/mol. The molecule has 1 heterocycles. The first-order valence-electron chi connectivity index (χ1n) is 2.57. The van der Waals surface area contributed by atoms with Gasteiger partial charge < -0.3 is 9.84 Å². The fraction of sp³-hybridized carbons (Fsp3) is 1.00. The molecule has 0 radical (unpaired) electrons. The lowest BCUT2D eigenvalue weighted by Crippen LogP contribution is -2.40. The zero-order chi connectivity index (χ0) is 5.28. The van der Waals surface area contributed by atoms with Crippen molar-refractivity contribution in [1.82, 2.24) is 0 Å². The number of rotatable bonds is 1. The molecule has 1 saturated heterocycles. The minimum atomic E-state index is 0.139. The minimum Gasteiger partial charge on any atom is -0.394 e. The highest BCUT2D eigenvalue weighted by Gasteiger charge is 2.26. The van der Waals surface area contributed by atoms with Gasteiger partial charge in [0.15, 0.2) is 0 Å². The van der Waals surface area contributed by atoms with E-state index in [0.29, 0.717) is 5.92 Å². The summed E-state index contributed by atoms with van der Waals surface area (Å²) in [6.45, 7) is 3.08. The Labute approximate surface area is 43.1 Å². The number of hydrogen-bond donors (Lipinski definition) is 1. The molecule has 1 N–H and O–H groups in total. The van der Waals surface area contributed by atoms with Gasteiger partial charge in [0.2, 0.25) is 0 Å². The Kier molecular flexibility index (Phi) is 1.30. The Morgan fingerprint density at radius 2 is 2.57 bits per heavy atom. The van der Waals surface area contributed by atoms with Crippen molar-refractivity contribution < 1.29 is 9.84 Å². The summed E-state index contributed by atoms with van der Waals surface area (Å²) in [6.07, 6.45) is 0.139. The summed E-state index contributed by atoms with van der Waals surface area (Å²) in [7, 11) is 0. The molecule has 0 aromatic rings. The van der Waals surface area contributed by atoms with Crippen LogP contribution in [0, 0.1) is 5.92 Å². The molecule has 1 aliphatic heterocycles. The van der Waals surface area contributed by atoms with Crippen molar-refractivity contribution in [3.05, 3.63) is 0 Å². The molecule has 1 rings (SSSR count). The first-order chi connectivity index (χ1) is 3.34. The molecule has 1 fully saturated rings. The topological polar surface area (TPSA) is 29.5 Å². The first kappa shape index (κ1) is 5.06. The standard InChI is InChI=1S/C5H10O2/c1-4-3-7-5(4)2-6/h4-6H,2-3H2,1H3. The molecule has 0 amide bonds. The van der Waals surface area contributed by atoms with E-state index in [0.717, 1.165) is 6.61 Å². The monoisotopic (exact) mass is 102 g/mol. The highest BCUT2D eigenvalue weighted by atomic mass is 16.5. The van der Waals surface area contributed by atoms with Crippen molar-refractivity contribution in [3.63, 3.8) is 0 Å². The number of hydrogen-bond acceptors (Lipinski definition) is 2. The van der Waals surface area contributed by atoms with E-state index in [1.54, 1.807) is 0 Å². The summed E-state index contributed by atoms with van der Waals surface area (Å²) in [5.41, 5.74) is 0. The van der Waals surface area contributed by atoms with E-state index in [1.807, 2.05) is 0 Å². The summed E-state index contributed by atoms with van der Waals surface area (Å²) in [5, 5.41) is 8.43. The molecule has 1 aliphatic rings. The van der Waals surface area contributed by atoms with Crippen LogP contribution in [0.4, 0.5) is 0 Å². The molecule has 0 bridgehead atoms. The zero-order valence-electron chi connectivity index (χ0n) is 4.42. The largest absolute Gasteiger partial charge is 0.394 e. The van der Waals surface area contributed by atoms with Crippen molar-refractivity contribution in [3.8, 4) is 0 Å². The predicted molar refractivity (Wildman–Crippen MR) is 26.0 cm³/mol. The third-order valence-corrected chi connectivity index (χ3v) is 1.39. The van der Waals surface area contributed by atoms with Crippen molar-refractivity contribution in [2.75, 3.05) is 13.2 Å². The van der Waals surface area contributed by atoms with Gasteiger partial charge in [-0.2, -0.15) is 0 Å². The third kappa shape index (κ3) is 0.763. The maximum absolute atomic E-state index is 8.43. The lowest BCUT2D eigenvalue weighted by atomic mass is 10.0. The molecule has 0 aromatic carbocycles. The van der Waals surface area contributed by atoms with E-state index in [1.165, 1.54) is 0 Å². The summed E-state index contributed by atoms with van der Waals surface area (Å²) in [5.74, 6) is 0.574. The second-order valence-electron chi connectivity index (χ2n) is 2.03. The van der Waals surface area contributed by atoms with Crippen molar-refractivity contribution in [2.24, 2.45) is 5.92 Å². The van der Waals surface area contributed by atoms with Crippen molar-refractivity contribution >= 4 is 0 Å². The normalized spacial score (nSPS) is 40.3. The molecule has 0 saturated carbocycles. The molecule has 2 unspecified atom stereocenters. The Bertz CT molecular complexity index is 61.1. The Hall–Kier alpha value is -0.0800. The quantitative estimate of drug-likeness (QED) is 0.505. The van der Waals surface area contributed by atoms with Crippen LogP contribution in [0.15, 0.2) is 0 Å². The van der Waals surface area contributed by atoms with Crippen LogP contribution in [0.25, 0.3) is 0 Å². The second-order valence-corrected chi connectivity index (χ2v) is 2.03. The van der Waals surface area contributed by atoms with Crippen LogP contribution >= 0.6 is 0 Å². The predicted octanol–water partition coefficient (Wildman–Crippen LogP) is 0.0136. The smallest absolute Gasteiger partial charge is 0.0853 e. The van der Waals surface area contributed by atoms with Crippen LogP contribution in [0.2, 0.25) is 0 Å². The molecule has 2 heteroatoms. The van der Waals surface area contributed by atoms with Gasteiger partial charge >= 0.3 is 0 Å². The Balaban J connectivity index is 2.16. The van der Waals surface area contributed by atoms with Crippen molar-refractivity contribution in [1.29, 1.82) is 0 Å². The minimum absolute atomic E-state index is 0.139. The van der Waals surface area contributed by atoms with Crippen LogP contribution in [0.5, 0.6) is 0 Å². The van der Waals surface area contributed by atoms with E-state index >= 15 is 0 Å². The fourth-order valence-corrected chi connectivity index (χ4v) is 0.657. The van der Waals surface area contributed by atoms with Crippen LogP contribution in [0.3, 0.4) is 0 Å². The van der Waals surface area contributed by atoms with Gasteiger partial charge in [-0.05, 0) is 0 Å². The van der Waals surface area contributed by atoms with Gasteiger partial charge in [-0.1, -0.05) is 6.92 Å². The lowest BCUT2D eigenvalue weighted by molar-refractivity contribution is -0.127. The van der Waals surface area contributed by atoms with E-state index in [4.69, 9.17) is 9.84 Å². The molecule has 7 heavy (non-hydrogen) atoms. The van der Waals surface area contributed by atoms with Crippen LogP contribution in [-0.4, -0.2) is 24.4 Å². The van der Waals surface area contributed by atoms with Crippen LogP contribution in [0.1, 0.15) is 6.92 Å². The average Bonchev–Trinajstić information content (AvgIpc) is 1.65. The van der Waals surface area contributed by atoms with Crippen molar-refractivity contribution in [2.45, 2.75) is 13.0 Å². The van der Waals surface area contributed by atoms with Crippen LogP contribution in [-0.2, 0) is 4.74 Å². The summed E-state index contributed by atoms with van der Waals surface area (Å²) in [6, 6.07) is 0. The maximum Gasteiger partial charge on any atom is 0.0853 e. The Morgan fingerprint density at radius 1 is 1.86 bits per heavy atom.